The number of carbonyl (C=O) groups is 1. The summed E-state index contributed by atoms with van der Waals surface area (Å²) in [6.07, 6.45) is 0. The van der Waals surface area contributed by atoms with Crippen molar-refractivity contribution in [2.24, 2.45) is 0 Å². The van der Waals surface area contributed by atoms with Gasteiger partial charge in [-0.1, -0.05) is 0 Å². The van der Waals surface area contributed by atoms with Crippen LogP contribution in [0.15, 0.2) is 24.3 Å². The summed E-state index contributed by atoms with van der Waals surface area (Å²) in [7, 11) is 1.59. The molecule has 4 N–H and O–H groups in total. The van der Waals surface area contributed by atoms with Crippen molar-refractivity contribution in [2.75, 3.05) is 17.7 Å². The summed E-state index contributed by atoms with van der Waals surface area (Å²) in [4.78, 5) is 13.3. The number of hydrogen-bond donors (Lipinski definition) is 3. The Kier molecular flexibility index (Phi) is 2.65. The molecule has 0 atom stereocenters. The SMILES string of the molecule is CN(C(=O)c1n[nH]nc1N)c1ccc(O)cc1. The van der Waals surface area contributed by atoms with Crippen LogP contribution in [-0.4, -0.2) is 33.5 Å². The van der Waals surface area contributed by atoms with Gasteiger partial charge in [0.05, 0.1) is 0 Å². The Balaban J connectivity index is 2.26. The highest BCUT2D eigenvalue weighted by molar-refractivity contribution is 6.06. The summed E-state index contributed by atoms with van der Waals surface area (Å²) in [5, 5.41) is 18.7. The molecule has 1 aromatic carbocycles. The van der Waals surface area contributed by atoms with Gasteiger partial charge in [0, 0.05) is 12.7 Å². The molecule has 1 heterocycles. The minimum atomic E-state index is -0.373. The number of hydrogen-bond acceptors (Lipinski definition) is 5. The van der Waals surface area contributed by atoms with Crippen LogP contribution in [0.3, 0.4) is 0 Å². The number of carbonyl (C=O) groups excluding carboxylic acids is 1. The fourth-order valence-electron chi connectivity index (χ4n) is 1.35. The summed E-state index contributed by atoms with van der Waals surface area (Å²) in [6.45, 7) is 0. The number of anilines is 2. The van der Waals surface area contributed by atoms with Crippen molar-refractivity contribution in [2.45, 2.75) is 0 Å². The van der Waals surface area contributed by atoms with Crippen LogP contribution >= 0.6 is 0 Å². The van der Waals surface area contributed by atoms with Crippen LogP contribution in [0.4, 0.5) is 11.5 Å². The molecule has 0 saturated carbocycles. The van der Waals surface area contributed by atoms with E-state index in [4.69, 9.17) is 10.8 Å². The molecule has 0 unspecified atom stereocenters. The molecule has 88 valence electrons. The molecule has 1 aromatic heterocycles. The molecular weight excluding hydrogens is 222 g/mol. The lowest BCUT2D eigenvalue weighted by Crippen LogP contribution is -2.27. The van der Waals surface area contributed by atoms with E-state index in [1.165, 1.54) is 17.0 Å². The molecule has 0 fully saturated rings. The Hall–Kier alpha value is -2.57. The maximum Gasteiger partial charge on any atom is 0.282 e. The summed E-state index contributed by atoms with van der Waals surface area (Å²) in [5.41, 5.74) is 6.18. The van der Waals surface area contributed by atoms with E-state index in [1.54, 1.807) is 19.2 Å². The van der Waals surface area contributed by atoms with E-state index in [2.05, 4.69) is 15.4 Å². The van der Waals surface area contributed by atoms with Crippen molar-refractivity contribution in [3.63, 3.8) is 0 Å². The minimum absolute atomic E-state index is 0.0561. The van der Waals surface area contributed by atoms with Crippen LogP contribution in [0.2, 0.25) is 0 Å². The Morgan fingerprint density at radius 1 is 1.35 bits per heavy atom. The predicted octanol–water partition coefficient (Wildman–Crippen LogP) is 0.369. The maximum absolute atomic E-state index is 12.0. The van der Waals surface area contributed by atoms with Crippen molar-refractivity contribution in [1.29, 1.82) is 0 Å². The van der Waals surface area contributed by atoms with Crippen molar-refractivity contribution in [3.05, 3.63) is 30.0 Å². The zero-order chi connectivity index (χ0) is 12.4. The molecule has 0 aliphatic heterocycles. The Bertz CT molecular complexity index is 534. The minimum Gasteiger partial charge on any atom is -0.508 e. The molecule has 0 saturated heterocycles. The van der Waals surface area contributed by atoms with E-state index < -0.39 is 0 Å². The quantitative estimate of drug-likeness (QED) is 0.694. The second-order valence-corrected chi connectivity index (χ2v) is 3.44. The number of phenolic OH excluding ortho intramolecular Hbond substituents is 1. The molecule has 0 bridgehead atoms. The third-order valence-electron chi connectivity index (χ3n) is 2.32. The van der Waals surface area contributed by atoms with Crippen molar-refractivity contribution in [3.8, 4) is 5.75 Å². The molecule has 17 heavy (non-hydrogen) atoms. The van der Waals surface area contributed by atoms with E-state index in [0.29, 0.717) is 5.69 Å². The number of nitrogens with zero attached hydrogens (tertiary/aromatic N) is 3. The van der Waals surface area contributed by atoms with Gasteiger partial charge in [0.15, 0.2) is 11.5 Å². The number of rotatable bonds is 2. The Morgan fingerprint density at radius 3 is 2.53 bits per heavy atom. The number of aromatic hydroxyl groups is 1. The number of phenols is 1. The summed E-state index contributed by atoms with van der Waals surface area (Å²) >= 11 is 0. The fraction of sp³-hybridized carbons (Fsp3) is 0.100. The standard InChI is InChI=1S/C10H11N5O2/c1-15(6-2-4-7(16)5-3-6)10(17)8-9(11)13-14-12-8/h2-5,16H,1H3,(H3,11,12,13,14). The number of aromatic nitrogens is 3. The van der Waals surface area contributed by atoms with Crippen LogP contribution in [0.25, 0.3) is 0 Å². The number of amides is 1. The van der Waals surface area contributed by atoms with Crippen LogP contribution in [0, 0.1) is 0 Å². The summed E-state index contributed by atoms with van der Waals surface area (Å²) in [6, 6.07) is 6.21. The van der Waals surface area contributed by atoms with Gasteiger partial charge in [0.25, 0.3) is 5.91 Å². The fourth-order valence-corrected chi connectivity index (χ4v) is 1.35. The molecule has 2 aromatic rings. The smallest absolute Gasteiger partial charge is 0.282 e. The normalized spacial score (nSPS) is 10.2. The number of aromatic amines is 1. The predicted molar refractivity (Wildman–Crippen MR) is 61.6 cm³/mol. The molecule has 0 aliphatic rings. The Morgan fingerprint density at radius 2 is 2.00 bits per heavy atom. The summed E-state index contributed by atoms with van der Waals surface area (Å²) < 4.78 is 0. The lowest BCUT2D eigenvalue weighted by Gasteiger charge is -2.15. The Labute approximate surface area is 96.9 Å². The average molecular weight is 233 g/mol. The largest absolute Gasteiger partial charge is 0.508 e. The highest BCUT2D eigenvalue weighted by Gasteiger charge is 2.19. The zero-order valence-electron chi connectivity index (χ0n) is 9.08. The lowest BCUT2D eigenvalue weighted by atomic mass is 10.2. The second kappa shape index (κ2) is 4.12. The van der Waals surface area contributed by atoms with Crippen LogP contribution in [0.1, 0.15) is 10.5 Å². The summed E-state index contributed by atoms with van der Waals surface area (Å²) in [5.74, 6) is -0.182. The molecule has 0 radical (unpaired) electrons. The lowest BCUT2D eigenvalue weighted by molar-refractivity contribution is 0.0989. The van der Waals surface area contributed by atoms with Gasteiger partial charge in [0.1, 0.15) is 5.75 Å². The number of nitrogen functional groups attached to an aromatic ring is 1. The van der Waals surface area contributed by atoms with Gasteiger partial charge < -0.3 is 15.7 Å². The number of H-pyrrole nitrogens is 1. The van der Waals surface area contributed by atoms with Crippen LogP contribution in [-0.2, 0) is 0 Å². The average Bonchev–Trinajstić information content (AvgIpc) is 2.74. The van der Waals surface area contributed by atoms with Gasteiger partial charge in [0.2, 0.25) is 0 Å². The molecule has 0 aliphatic carbocycles. The first-order valence-electron chi connectivity index (χ1n) is 4.83. The van der Waals surface area contributed by atoms with Crippen molar-refractivity contribution in [1.82, 2.24) is 15.4 Å². The van der Waals surface area contributed by atoms with Crippen LogP contribution in [0.5, 0.6) is 5.75 Å². The first-order chi connectivity index (χ1) is 8.09. The molecule has 1 amide bonds. The van der Waals surface area contributed by atoms with E-state index in [-0.39, 0.29) is 23.2 Å². The first-order valence-corrected chi connectivity index (χ1v) is 4.83. The van der Waals surface area contributed by atoms with Gasteiger partial charge in [-0.15, -0.1) is 10.2 Å². The maximum atomic E-state index is 12.0. The molecular formula is C10H11N5O2. The van der Waals surface area contributed by atoms with Crippen LogP contribution < -0.4 is 10.6 Å². The van der Waals surface area contributed by atoms with Crippen molar-refractivity contribution >= 4 is 17.4 Å². The third kappa shape index (κ3) is 2.03. The first kappa shape index (κ1) is 10.9. The topological polar surface area (TPSA) is 108 Å². The van der Waals surface area contributed by atoms with Crippen molar-refractivity contribution < 1.29 is 9.90 Å². The van der Waals surface area contributed by atoms with Gasteiger partial charge in [-0.2, -0.15) is 5.21 Å². The van der Waals surface area contributed by atoms with Gasteiger partial charge in [-0.05, 0) is 24.3 Å². The molecule has 7 heteroatoms. The van der Waals surface area contributed by atoms with E-state index in [9.17, 15) is 4.79 Å². The number of nitrogens with two attached hydrogens (primary N) is 1. The van der Waals surface area contributed by atoms with E-state index in [1.807, 2.05) is 0 Å². The van der Waals surface area contributed by atoms with E-state index in [0.717, 1.165) is 0 Å². The molecule has 0 spiro atoms. The second-order valence-electron chi connectivity index (χ2n) is 3.44. The van der Waals surface area contributed by atoms with Gasteiger partial charge >= 0.3 is 0 Å². The highest BCUT2D eigenvalue weighted by Crippen LogP contribution is 2.19. The monoisotopic (exact) mass is 233 g/mol. The molecule has 7 nitrogen and oxygen atoms in total. The molecule has 2 rings (SSSR count). The highest BCUT2D eigenvalue weighted by atomic mass is 16.3. The van der Waals surface area contributed by atoms with E-state index >= 15 is 0 Å². The number of benzene rings is 1. The van der Waals surface area contributed by atoms with Gasteiger partial charge in [-0.3, -0.25) is 4.79 Å². The number of nitrogens with one attached hydrogen (secondary N) is 1. The zero-order valence-corrected chi connectivity index (χ0v) is 9.08. The van der Waals surface area contributed by atoms with Gasteiger partial charge in [-0.25, -0.2) is 0 Å². The third-order valence-corrected chi connectivity index (χ3v) is 2.32.